The van der Waals surface area contributed by atoms with Gasteiger partial charge in [-0.3, -0.25) is 9.59 Å². The van der Waals surface area contributed by atoms with E-state index in [9.17, 15) is 9.59 Å². The quantitative estimate of drug-likeness (QED) is 0.498. The number of nitrogens with two attached hydrogens (primary N) is 1. The molecule has 0 aromatic carbocycles. The summed E-state index contributed by atoms with van der Waals surface area (Å²) in [5.74, 6) is -2.12. The van der Waals surface area contributed by atoms with E-state index >= 15 is 0 Å². The standard InChI is InChI=1S/C9H16N2O4/c1-6(8(10)12)9(13)11-15-7-4-2-3-5-14-7/h6-7H,2-5H2,1H3,(H2,10,12)(H,11,13). The van der Waals surface area contributed by atoms with Gasteiger partial charge in [0, 0.05) is 13.0 Å². The Hall–Kier alpha value is -1.14. The number of nitrogens with one attached hydrogen (secondary N) is 1. The molecular formula is C9H16N2O4. The summed E-state index contributed by atoms with van der Waals surface area (Å²) in [5, 5.41) is 0. The molecule has 6 heteroatoms. The van der Waals surface area contributed by atoms with E-state index in [0.717, 1.165) is 19.3 Å². The summed E-state index contributed by atoms with van der Waals surface area (Å²) in [4.78, 5) is 26.9. The number of ether oxygens (including phenoxy) is 1. The topological polar surface area (TPSA) is 90.7 Å². The van der Waals surface area contributed by atoms with Crippen molar-refractivity contribution in [2.24, 2.45) is 11.7 Å². The maximum absolute atomic E-state index is 11.2. The molecule has 1 saturated heterocycles. The summed E-state index contributed by atoms with van der Waals surface area (Å²) in [6.07, 6.45) is 2.34. The van der Waals surface area contributed by atoms with Gasteiger partial charge in [0.1, 0.15) is 5.92 Å². The second-order valence-electron chi connectivity index (χ2n) is 3.50. The first kappa shape index (κ1) is 11.9. The van der Waals surface area contributed by atoms with Crippen LogP contribution in [0.4, 0.5) is 0 Å². The van der Waals surface area contributed by atoms with Crippen molar-refractivity contribution < 1.29 is 19.2 Å². The number of carbonyl (C=O) groups is 2. The minimum absolute atomic E-state index is 0.414. The van der Waals surface area contributed by atoms with Gasteiger partial charge in [0.15, 0.2) is 6.29 Å². The van der Waals surface area contributed by atoms with Gasteiger partial charge < -0.3 is 10.5 Å². The van der Waals surface area contributed by atoms with Crippen LogP contribution in [0, 0.1) is 5.92 Å². The third kappa shape index (κ3) is 3.85. The second kappa shape index (κ2) is 5.67. The Balaban J connectivity index is 2.23. The van der Waals surface area contributed by atoms with Crippen molar-refractivity contribution in [3.63, 3.8) is 0 Å². The third-order valence-corrected chi connectivity index (χ3v) is 2.25. The van der Waals surface area contributed by atoms with Gasteiger partial charge in [0.05, 0.1) is 0 Å². The minimum Gasteiger partial charge on any atom is -0.369 e. The second-order valence-corrected chi connectivity index (χ2v) is 3.50. The Labute approximate surface area is 88.0 Å². The zero-order chi connectivity index (χ0) is 11.3. The molecule has 6 nitrogen and oxygen atoms in total. The molecule has 1 aliphatic rings. The molecule has 1 fully saturated rings. The van der Waals surface area contributed by atoms with Crippen molar-refractivity contribution in [2.75, 3.05) is 6.61 Å². The van der Waals surface area contributed by atoms with Gasteiger partial charge in [-0.25, -0.2) is 10.3 Å². The highest BCUT2D eigenvalue weighted by molar-refractivity contribution is 5.98. The van der Waals surface area contributed by atoms with Gasteiger partial charge in [-0.15, -0.1) is 0 Å². The molecule has 1 rings (SSSR count). The predicted molar refractivity (Wildman–Crippen MR) is 51.2 cm³/mol. The number of hydrogen-bond donors (Lipinski definition) is 2. The van der Waals surface area contributed by atoms with E-state index in [1.165, 1.54) is 6.92 Å². The lowest BCUT2D eigenvalue weighted by molar-refractivity contribution is -0.202. The molecular weight excluding hydrogens is 200 g/mol. The summed E-state index contributed by atoms with van der Waals surface area (Å²) in [7, 11) is 0. The highest BCUT2D eigenvalue weighted by atomic mass is 16.8. The van der Waals surface area contributed by atoms with Crippen molar-refractivity contribution in [2.45, 2.75) is 32.5 Å². The normalized spacial score (nSPS) is 23.1. The van der Waals surface area contributed by atoms with Crippen LogP contribution in [-0.4, -0.2) is 24.7 Å². The Kier molecular flexibility index (Phi) is 4.51. The first-order valence-electron chi connectivity index (χ1n) is 4.97. The molecule has 15 heavy (non-hydrogen) atoms. The maximum atomic E-state index is 11.2. The molecule has 0 saturated carbocycles. The van der Waals surface area contributed by atoms with Crippen molar-refractivity contribution in [1.29, 1.82) is 0 Å². The van der Waals surface area contributed by atoms with Gasteiger partial charge in [0.25, 0.3) is 5.91 Å². The summed E-state index contributed by atoms with van der Waals surface area (Å²) in [5.41, 5.74) is 7.13. The molecule has 0 aliphatic carbocycles. The van der Waals surface area contributed by atoms with E-state index in [4.69, 9.17) is 15.3 Å². The van der Waals surface area contributed by atoms with E-state index in [-0.39, 0.29) is 0 Å². The lowest BCUT2D eigenvalue weighted by atomic mass is 10.1. The first-order chi connectivity index (χ1) is 7.11. The Morgan fingerprint density at radius 3 is 2.80 bits per heavy atom. The average molecular weight is 216 g/mol. The Morgan fingerprint density at radius 1 is 1.53 bits per heavy atom. The van der Waals surface area contributed by atoms with E-state index < -0.39 is 24.0 Å². The van der Waals surface area contributed by atoms with Crippen molar-refractivity contribution >= 4 is 11.8 Å². The fourth-order valence-corrected chi connectivity index (χ4v) is 1.15. The molecule has 0 bridgehead atoms. The number of carbonyl (C=O) groups excluding carboxylic acids is 2. The highest BCUT2D eigenvalue weighted by Crippen LogP contribution is 2.12. The molecule has 1 heterocycles. The van der Waals surface area contributed by atoms with Crippen LogP contribution in [0.1, 0.15) is 26.2 Å². The van der Waals surface area contributed by atoms with Crippen LogP contribution in [-0.2, 0) is 19.2 Å². The lowest BCUT2D eigenvalue weighted by Crippen LogP contribution is -2.40. The van der Waals surface area contributed by atoms with Crippen LogP contribution in [0.2, 0.25) is 0 Å². The van der Waals surface area contributed by atoms with E-state index in [0.29, 0.717) is 6.61 Å². The van der Waals surface area contributed by atoms with E-state index in [2.05, 4.69) is 5.48 Å². The first-order valence-corrected chi connectivity index (χ1v) is 4.97. The van der Waals surface area contributed by atoms with Crippen LogP contribution < -0.4 is 11.2 Å². The molecule has 0 spiro atoms. The Morgan fingerprint density at radius 2 is 2.27 bits per heavy atom. The van der Waals surface area contributed by atoms with E-state index in [1.54, 1.807) is 0 Å². The molecule has 2 unspecified atom stereocenters. The lowest BCUT2D eigenvalue weighted by Gasteiger charge is -2.22. The van der Waals surface area contributed by atoms with E-state index in [1.807, 2.05) is 0 Å². The minimum atomic E-state index is -0.895. The van der Waals surface area contributed by atoms with Crippen molar-refractivity contribution in [1.82, 2.24) is 5.48 Å². The van der Waals surface area contributed by atoms with Crippen molar-refractivity contribution in [3.05, 3.63) is 0 Å². The van der Waals surface area contributed by atoms with Crippen LogP contribution >= 0.6 is 0 Å². The fourth-order valence-electron chi connectivity index (χ4n) is 1.15. The smallest absolute Gasteiger partial charge is 0.255 e. The summed E-state index contributed by atoms with van der Waals surface area (Å²) in [6, 6.07) is 0. The number of hydrogen-bond acceptors (Lipinski definition) is 4. The molecule has 3 N–H and O–H groups in total. The summed E-state index contributed by atoms with van der Waals surface area (Å²) in [6.45, 7) is 2.05. The number of primary amides is 1. The molecule has 2 amide bonds. The average Bonchev–Trinajstić information content (AvgIpc) is 2.26. The maximum Gasteiger partial charge on any atom is 0.255 e. The van der Waals surface area contributed by atoms with Gasteiger partial charge in [-0.1, -0.05) is 0 Å². The molecule has 2 atom stereocenters. The van der Waals surface area contributed by atoms with Crippen LogP contribution in [0.15, 0.2) is 0 Å². The SMILES string of the molecule is CC(C(N)=O)C(=O)NOC1CCCCO1. The van der Waals surface area contributed by atoms with Crippen LogP contribution in [0.25, 0.3) is 0 Å². The Bertz CT molecular complexity index is 238. The summed E-state index contributed by atoms with van der Waals surface area (Å²) < 4.78 is 5.22. The zero-order valence-corrected chi connectivity index (χ0v) is 8.69. The molecule has 1 aliphatic heterocycles. The van der Waals surface area contributed by atoms with Gasteiger partial charge in [-0.05, 0) is 19.8 Å². The molecule has 0 aromatic rings. The van der Waals surface area contributed by atoms with Crippen molar-refractivity contribution in [3.8, 4) is 0 Å². The predicted octanol–water partition coefficient (Wildman–Crippen LogP) is -0.318. The van der Waals surface area contributed by atoms with Gasteiger partial charge in [0.2, 0.25) is 5.91 Å². The number of rotatable bonds is 4. The number of amides is 2. The molecule has 0 aromatic heterocycles. The monoisotopic (exact) mass is 216 g/mol. The zero-order valence-electron chi connectivity index (χ0n) is 8.69. The summed E-state index contributed by atoms with van der Waals surface area (Å²) >= 11 is 0. The third-order valence-electron chi connectivity index (χ3n) is 2.25. The van der Waals surface area contributed by atoms with Gasteiger partial charge in [-0.2, -0.15) is 0 Å². The molecule has 86 valence electrons. The fraction of sp³-hybridized carbons (Fsp3) is 0.778. The molecule has 0 radical (unpaired) electrons. The van der Waals surface area contributed by atoms with Crippen LogP contribution in [0.5, 0.6) is 0 Å². The number of hydroxylamine groups is 1. The highest BCUT2D eigenvalue weighted by Gasteiger charge is 2.21. The largest absolute Gasteiger partial charge is 0.369 e. The van der Waals surface area contributed by atoms with Gasteiger partial charge >= 0.3 is 0 Å². The van der Waals surface area contributed by atoms with Crippen LogP contribution in [0.3, 0.4) is 0 Å².